The Hall–Kier alpha value is -2.63. The molecule has 1 aliphatic heterocycles. The van der Waals surface area contributed by atoms with Crippen LogP contribution in [0.15, 0.2) is 65.1 Å². The zero-order valence-electron chi connectivity index (χ0n) is 15.3. The number of rotatable bonds is 6. The van der Waals surface area contributed by atoms with Crippen LogP contribution < -0.4 is 4.90 Å². The lowest BCUT2D eigenvalue weighted by molar-refractivity contribution is 0.118. The lowest BCUT2D eigenvalue weighted by Crippen LogP contribution is -2.36. The van der Waals surface area contributed by atoms with Crippen molar-refractivity contribution in [1.29, 1.82) is 0 Å². The van der Waals surface area contributed by atoms with Crippen molar-refractivity contribution in [2.24, 2.45) is 0 Å². The minimum absolute atomic E-state index is 0.381. The van der Waals surface area contributed by atoms with Crippen molar-refractivity contribution in [2.75, 3.05) is 31.2 Å². The number of aromatic nitrogens is 1. The molecule has 4 rings (SSSR count). The summed E-state index contributed by atoms with van der Waals surface area (Å²) in [5.41, 5.74) is 3.09. The van der Waals surface area contributed by atoms with Gasteiger partial charge in [0.25, 0.3) is 0 Å². The molecule has 3 aromatic rings. The van der Waals surface area contributed by atoms with Gasteiger partial charge in [0.1, 0.15) is 11.8 Å². The third-order valence-electron chi connectivity index (χ3n) is 4.76. The van der Waals surface area contributed by atoms with E-state index >= 15 is 0 Å². The molecule has 1 aromatic heterocycles. The quantitative estimate of drug-likeness (QED) is 0.727. The maximum atomic E-state index is 10.7. The molecule has 5 nitrogen and oxygen atoms in total. The van der Waals surface area contributed by atoms with Gasteiger partial charge in [-0.25, -0.2) is 4.98 Å². The van der Waals surface area contributed by atoms with Gasteiger partial charge >= 0.3 is 0 Å². The molecule has 1 saturated heterocycles. The highest BCUT2D eigenvalue weighted by atomic mass is 16.5. The minimum atomic E-state index is -0.767. The first kappa shape index (κ1) is 17.8. The van der Waals surface area contributed by atoms with Gasteiger partial charge in [0.15, 0.2) is 0 Å². The number of hydrogen-bond acceptors (Lipinski definition) is 5. The topological polar surface area (TPSA) is 58.7 Å². The second-order valence-corrected chi connectivity index (χ2v) is 6.77. The van der Waals surface area contributed by atoms with Crippen LogP contribution in [0.4, 0.5) is 5.88 Å². The molecule has 1 N–H and O–H groups in total. The van der Waals surface area contributed by atoms with Gasteiger partial charge in [-0.05, 0) is 11.1 Å². The summed E-state index contributed by atoms with van der Waals surface area (Å²) >= 11 is 0. The first-order valence-corrected chi connectivity index (χ1v) is 9.38. The fourth-order valence-electron chi connectivity index (χ4n) is 3.35. The Labute approximate surface area is 159 Å². The molecule has 1 fully saturated rings. The van der Waals surface area contributed by atoms with Gasteiger partial charge in [0.05, 0.1) is 13.2 Å². The van der Waals surface area contributed by atoms with Gasteiger partial charge in [0, 0.05) is 25.9 Å². The summed E-state index contributed by atoms with van der Waals surface area (Å²) < 4.78 is 11.5. The van der Waals surface area contributed by atoms with E-state index in [2.05, 4.69) is 22.0 Å². The Morgan fingerprint density at radius 1 is 0.926 bits per heavy atom. The summed E-state index contributed by atoms with van der Waals surface area (Å²) in [4.78, 5) is 6.84. The van der Waals surface area contributed by atoms with Crippen LogP contribution in [0.2, 0.25) is 0 Å². The molecule has 2 aromatic carbocycles. The van der Waals surface area contributed by atoms with Crippen molar-refractivity contribution < 1.29 is 14.3 Å². The number of aliphatic hydroxyl groups excluding tert-OH is 1. The molecule has 1 atom stereocenters. The van der Waals surface area contributed by atoms with Gasteiger partial charge in [0.2, 0.25) is 11.8 Å². The van der Waals surface area contributed by atoms with Crippen LogP contribution in [-0.4, -0.2) is 36.4 Å². The predicted molar refractivity (Wildman–Crippen MR) is 104 cm³/mol. The molecule has 0 radical (unpaired) electrons. The SMILES string of the molecule is O[C@@H](Cc1ccccc1)c1nc(Cc2ccccc2)c(N2CCOCC2)o1. The average molecular weight is 364 g/mol. The Morgan fingerprint density at radius 2 is 1.56 bits per heavy atom. The Balaban J connectivity index is 1.60. The van der Waals surface area contributed by atoms with Crippen LogP contribution >= 0.6 is 0 Å². The maximum absolute atomic E-state index is 10.7. The number of morpholine rings is 1. The first-order valence-electron chi connectivity index (χ1n) is 9.38. The van der Waals surface area contributed by atoms with Gasteiger partial charge in [-0.3, -0.25) is 0 Å². The van der Waals surface area contributed by atoms with E-state index in [9.17, 15) is 5.11 Å². The van der Waals surface area contributed by atoms with Gasteiger partial charge in [-0.15, -0.1) is 0 Å². The smallest absolute Gasteiger partial charge is 0.226 e. The molecule has 0 spiro atoms. The van der Waals surface area contributed by atoms with Crippen LogP contribution in [0.5, 0.6) is 0 Å². The number of aliphatic hydroxyl groups is 1. The molecule has 140 valence electrons. The third kappa shape index (κ3) is 4.38. The molecule has 0 aliphatic carbocycles. The lowest BCUT2D eigenvalue weighted by atomic mass is 10.1. The van der Waals surface area contributed by atoms with Gasteiger partial charge in [-0.1, -0.05) is 60.7 Å². The molecule has 0 saturated carbocycles. The number of nitrogens with zero attached hydrogens (tertiary/aromatic N) is 2. The number of anilines is 1. The highest BCUT2D eigenvalue weighted by Gasteiger charge is 2.24. The summed E-state index contributed by atoms with van der Waals surface area (Å²) in [6.07, 6.45) is 0.390. The summed E-state index contributed by atoms with van der Waals surface area (Å²) in [6.45, 7) is 2.89. The standard InChI is InChI=1S/C22H24N2O3/c25-20(16-18-9-5-2-6-10-18)21-23-19(15-17-7-3-1-4-8-17)22(27-21)24-11-13-26-14-12-24/h1-10,20,25H,11-16H2/t20-/m0/s1. The Kier molecular flexibility index (Phi) is 5.51. The molecule has 5 heteroatoms. The van der Waals surface area contributed by atoms with Crippen molar-refractivity contribution in [2.45, 2.75) is 18.9 Å². The fourth-order valence-corrected chi connectivity index (χ4v) is 3.35. The maximum Gasteiger partial charge on any atom is 0.226 e. The van der Waals surface area contributed by atoms with Crippen molar-refractivity contribution in [3.8, 4) is 0 Å². The van der Waals surface area contributed by atoms with Crippen LogP contribution in [0.25, 0.3) is 0 Å². The Morgan fingerprint density at radius 3 is 2.22 bits per heavy atom. The van der Waals surface area contributed by atoms with E-state index in [4.69, 9.17) is 9.15 Å². The first-order chi connectivity index (χ1) is 13.3. The van der Waals surface area contributed by atoms with Crippen LogP contribution in [-0.2, 0) is 17.6 Å². The molecule has 0 amide bonds. The molecule has 2 heterocycles. The second kappa shape index (κ2) is 8.37. The zero-order chi connectivity index (χ0) is 18.5. The number of hydrogen-bond donors (Lipinski definition) is 1. The van der Waals surface area contributed by atoms with Gasteiger partial charge < -0.3 is 19.2 Å². The number of benzene rings is 2. The monoisotopic (exact) mass is 364 g/mol. The van der Waals surface area contributed by atoms with E-state index in [1.165, 1.54) is 5.56 Å². The normalized spacial score (nSPS) is 15.7. The molecule has 0 bridgehead atoms. The van der Waals surface area contributed by atoms with E-state index in [-0.39, 0.29) is 0 Å². The lowest BCUT2D eigenvalue weighted by Gasteiger charge is -2.26. The summed E-state index contributed by atoms with van der Waals surface area (Å²) in [5, 5.41) is 10.7. The summed E-state index contributed by atoms with van der Waals surface area (Å²) in [7, 11) is 0. The molecule has 1 aliphatic rings. The summed E-state index contributed by atoms with van der Waals surface area (Å²) in [5.74, 6) is 1.13. The number of ether oxygens (including phenoxy) is 1. The summed E-state index contributed by atoms with van der Waals surface area (Å²) in [6, 6.07) is 20.1. The molecule has 0 unspecified atom stereocenters. The molecular formula is C22H24N2O3. The van der Waals surface area contributed by atoms with E-state index in [0.717, 1.165) is 30.2 Å². The van der Waals surface area contributed by atoms with Crippen molar-refractivity contribution in [3.05, 3.63) is 83.4 Å². The fraction of sp³-hybridized carbons (Fsp3) is 0.318. The van der Waals surface area contributed by atoms with Crippen LogP contribution in [0.1, 0.15) is 28.8 Å². The van der Waals surface area contributed by atoms with E-state index < -0.39 is 6.10 Å². The van der Waals surface area contributed by atoms with Crippen molar-refractivity contribution in [1.82, 2.24) is 4.98 Å². The van der Waals surface area contributed by atoms with Crippen LogP contribution in [0.3, 0.4) is 0 Å². The highest BCUT2D eigenvalue weighted by molar-refractivity contribution is 5.44. The van der Waals surface area contributed by atoms with E-state index in [1.807, 2.05) is 48.5 Å². The molecular weight excluding hydrogens is 340 g/mol. The third-order valence-corrected chi connectivity index (χ3v) is 4.76. The highest BCUT2D eigenvalue weighted by Crippen LogP contribution is 2.29. The van der Waals surface area contributed by atoms with E-state index in [0.29, 0.717) is 31.9 Å². The number of oxazole rings is 1. The largest absolute Gasteiger partial charge is 0.422 e. The van der Waals surface area contributed by atoms with Crippen molar-refractivity contribution >= 4 is 5.88 Å². The van der Waals surface area contributed by atoms with Gasteiger partial charge in [-0.2, -0.15) is 0 Å². The predicted octanol–water partition coefficient (Wildman–Crippen LogP) is 3.38. The average Bonchev–Trinajstić information content (AvgIpc) is 3.14. The zero-order valence-corrected chi connectivity index (χ0v) is 15.3. The van der Waals surface area contributed by atoms with E-state index in [1.54, 1.807) is 0 Å². The Bertz CT molecular complexity index is 843. The minimum Gasteiger partial charge on any atom is -0.422 e. The van der Waals surface area contributed by atoms with Crippen LogP contribution in [0, 0.1) is 0 Å². The van der Waals surface area contributed by atoms with Crippen molar-refractivity contribution in [3.63, 3.8) is 0 Å². The second-order valence-electron chi connectivity index (χ2n) is 6.77. The molecule has 27 heavy (non-hydrogen) atoms.